The zero-order valence-electron chi connectivity index (χ0n) is 18.9. The average Bonchev–Trinajstić information content (AvgIpc) is 2.79. The third-order valence-corrected chi connectivity index (χ3v) is 6.69. The maximum atomic E-state index is 13.4. The average molecular weight is 428 g/mol. The molecule has 0 unspecified atom stereocenters. The SMILES string of the molecule is COc1ccc(N[C@@H]2CCCN(C3CCN(c4ccc(F)cc4C)CC3)C2)cc1OC. The summed E-state index contributed by atoms with van der Waals surface area (Å²) < 4.78 is 24.2. The molecular weight excluding hydrogens is 393 g/mol. The van der Waals surface area contributed by atoms with E-state index in [4.69, 9.17) is 9.47 Å². The van der Waals surface area contributed by atoms with Gasteiger partial charge in [0.1, 0.15) is 5.82 Å². The molecule has 1 N–H and O–H groups in total. The molecule has 0 radical (unpaired) electrons. The molecule has 1 atom stereocenters. The van der Waals surface area contributed by atoms with Crippen molar-refractivity contribution in [1.29, 1.82) is 0 Å². The molecule has 0 aliphatic carbocycles. The van der Waals surface area contributed by atoms with Crippen molar-refractivity contribution in [1.82, 2.24) is 4.90 Å². The number of anilines is 2. The highest BCUT2D eigenvalue weighted by molar-refractivity contribution is 5.55. The Kier molecular flexibility index (Phi) is 6.86. The lowest BCUT2D eigenvalue weighted by atomic mass is 9.97. The van der Waals surface area contributed by atoms with Gasteiger partial charge in [-0.15, -0.1) is 0 Å². The van der Waals surface area contributed by atoms with Gasteiger partial charge in [0.25, 0.3) is 0 Å². The molecule has 31 heavy (non-hydrogen) atoms. The quantitative estimate of drug-likeness (QED) is 0.723. The summed E-state index contributed by atoms with van der Waals surface area (Å²) in [6.45, 7) is 6.29. The van der Waals surface area contributed by atoms with Crippen LogP contribution in [-0.4, -0.2) is 57.4 Å². The molecule has 4 rings (SSSR count). The van der Waals surface area contributed by atoms with Crippen LogP contribution < -0.4 is 19.7 Å². The molecule has 2 fully saturated rings. The lowest BCUT2D eigenvalue weighted by molar-refractivity contribution is 0.134. The summed E-state index contributed by atoms with van der Waals surface area (Å²) in [7, 11) is 3.33. The van der Waals surface area contributed by atoms with Crippen LogP contribution in [-0.2, 0) is 0 Å². The van der Waals surface area contributed by atoms with Crippen LogP contribution in [0.1, 0.15) is 31.2 Å². The fourth-order valence-corrected chi connectivity index (χ4v) is 5.06. The molecule has 2 aromatic carbocycles. The van der Waals surface area contributed by atoms with E-state index in [0.717, 1.165) is 55.2 Å². The van der Waals surface area contributed by atoms with E-state index in [1.807, 2.05) is 25.1 Å². The normalized spacial score (nSPS) is 20.5. The van der Waals surface area contributed by atoms with Crippen LogP contribution in [0, 0.1) is 12.7 Å². The largest absolute Gasteiger partial charge is 0.493 e. The minimum absolute atomic E-state index is 0.155. The maximum Gasteiger partial charge on any atom is 0.162 e. The number of halogens is 1. The Hall–Kier alpha value is -2.47. The van der Waals surface area contributed by atoms with Crippen LogP contribution in [0.15, 0.2) is 36.4 Å². The van der Waals surface area contributed by atoms with Gasteiger partial charge >= 0.3 is 0 Å². The second-order valence-corrected chi connectivity index (χ2v) is 8.70. The van der Waals surface area contributed by atoms with Crippen molar-refractivity contribution in [2.75, 3.05) is 50.6 Å². The number of ether oxygens (including phenoxy) is 2. The number of rotatable bonds is 6. The van der Waals surface area contributed by atoms with E-state index < -0.39 is 0 Å². The molecule has 2 saturated heterocycles. The molecule has 2 aliphatic rings. The van der Waals surface area contributed by atoms with E-state index in [1.54, 1.807) is 26.4 Å². The Bertz CT molecular complexity index is 883. The Labute approximate surface area is 185 Å². The van der Waals surface area contributed by atoms with Crippen molar-refractivity contribution >= 4 is 11.4 Å². The predicted molar refractivity (Wildman–Crippen MR) is 124 cm³/mol. The van der Waals surface area contributed by atoms with Gasteiger partial charge in [0.15, 0.2) is 11.5 Å². The monoisotopic (exact) mass is 427 g/mol. The van der Waals surface area contributed by atoms with Crippen LogP contribution in [0.3, 0.4) is 0 Å². The summed E-state index contributed by atoms with van der Waals surface area (Å²) in [6.07, 6.45) is 4.69. The second kappa shape index (κ2) is 9.77. The molecule has 2 aliphatic heterocycles. The van der Waals surface area contributed by atoms with Crippen LogP contribution in [0.25, 0.3) is 0 Å². The third kappa shape index (κ3) is 5.06. The molecule has 2 aromatic rings. The number of piperidine rings is 2. The van der Waals surface area contributed by atoms with E-state index in [1.165, 1.54) is 25.1 Å². The van der Waals surface area contributed by atoms with Gasteiger partial charge in [-0.1, -0.05) is 0 Å². The first-order valence-electron chi connectivity index (χ1n) is 11.3. The summed E-state index contributed by atoms with van der Waals surface area (Å²) >= 11 is 0. The standard InChI is InChI=1S/C25H34FN3O2/c1-18-15-19(26)6-8-23(18)28-13-10-22(11-14-28)29-12-4-5-21(17-29)27-20-7-9-24(30-2)25(16-20)31-3/h6-9,15-16,21-22,27H,4-5,10-14,17H2,1-3H3/t21-/m1/s1. The smallest absolute Gasteiger partial charge is 0.162 e. The zero-order valence-corrected chi connectivity index (χ0v) is 18.9. The lowest BCUT2D eigenvalue weighted by Gasteiger charge is -2.43. The van der Waals surface area contributed by atoms with Gasteiger partial charge in [-0.2, -0.15) is 0 Å². The van der Waals surface area contributed by atoms with Crippen LogP contribution in [0.2, 0.25) is 0 Å². The molecule has 2 heterocycles. The summed E-state index contributed by atoms with van der Waals surface area (Å²) in [6, 6.07) is 12.2. The first-order chi connectivity index (χ1) is 15.1. The van der Waals surface area contributed by atoms with Gasteiger partial charge < -0.3 is 19.7 Å². The highest BCUT2D eigenvalue weighted by atomic mass is 19.1. The first kappa shape index (κ1) is 21.8. The third-order valence-electron chi connectivity index (χ3n) is 6.69. The number of nitrogens with zero attached hydrogens (tertiary/aromatic N) is 2. The molecule has 0 amide bonds. The summed E-state index contributed by atoms with van der Waals surface area (Å²) in [5.74, 6) is 1.35. The fraction of sp³-hybridized carbons (Fsp3) is 0.520. The van der Waals surface area contributed by atoms with Crippen molar-refractivity contribution in [2.45, 2.75) is 44.7 Å². The Morgan fingerprint density at radius 2 is 1.71 bits per heavy atom. The van der Waals surface area contributed by atoms with Gasteiger partial charge in [0, 0.05) is 49.2 Å². The van der Waals surface area contributed by atoms with Gasteiger partial charge in [0.2, 0.25) is 0 Å². The first-order valence-corrected chi connectivity index (χ1v) is 11.3. The number of likely N-dealkylation sites (tertiary alicyclic amines) is 1. The van der Waals surface area contributed by atoms with E-state index >= 15 is 0 Å². The number of benzene rings is 2. The summed E-state index contributed by atoms with van der Waals surface area (Å²) in [4.78, 5) is 5.07. The van der Waals surface area contributed by atoms with Gasteiger partial charge in [-0.3, -0.25) is 4.90 Å². The summed E-state index contributed by atoms with van der Waals surface area (Å²) in [5.41, 5.74) is 3.27. The molecule has 168 valence electrons. The highest BCUT2D eigenvalue weighted by Crippen LogP contribution is 2.31. The van der Waals surface area contributed by atoms with Crippen molar-refractivity contribution in [3.63, 3.8) is 0 Å². The fourth-order valence-electron chi connectivity index (χ4n) is 5.06. The van der Waals surface area contributed by atoms with Crippen molar-refractivity contribution in [3.05, 3.63) is 47.8 Å². The van der Waals surface area contributed by atoms with Gasteiger partial charge in [-0.05, 0) is 75.0 Å². The molecule has 0 spiro atoms. The second-order valence-electron chi connectivity index (χ2n) is 8.70. The number of hydrogen-bond donors (Lipinski definition) is 1. The number of methoxy groups -OCH3 is 2. The molecule has 6 heteroatoms. The minimum Gasteiger partial charge on any atom is -0.493 e. The summed E-state index contributed by atoms with van der Waals surface area (Å²) in [5, 5.41) is 3.70. The molecule has 0 aromatic heterocycles. The molecule has 0 saturated carbocycles. The Morgan fingerprint density at radius 3 is 2.42 bits per heavy atom. The molecule has 5 nitrogen and oxygen atoms in total. The van der Waals surface area contributed by atoms with Gasteiger partial charge in [0.05, 0.1) is 14.2 Å². The van der Waals surface area contributed by atoms with Crippen LogP contribution in [0.4, 0.5) is 15.8 Å². The van der Waals surface area contributed by atoms with E-state index in [-0.39, 0.29) is 5.82 Å². The number of nitrogens with one attached hydrogen (secondary N) is 1. The van der Waals surface area contributed by atoms with Crippen molar-refractivity contribution in [2.24, 2.45) is 0 Å². The van der Waals surface area contributed by atoms with Gasteiger partial charge in [-0.25, -0.2) is 4.39 Å². The predicted octanol–water partition coefficient (Wildman–Crippen LogP) is 4.70. The Balaban J connectivity index is 1.33. The van der Waals surface area contributed by atoms with E-state index in [2.05, 4.69) is 21.2 Å². The number of aryl methyl sites for hydroxylation is 1. The molecule has 0 bridgehead atoms. The van der Waals surface area contributed by atoms with Crippen LogP contribution >= 0.6 is 0 Å². The van der Waals surface area contributed by atoms with Crippen LogP contribution in [0.5, 0.6) is 11.5 Å². The lowest BCUT2D eigenvalue weighted by Crippen LogP contribution is -2.51. The molecular formula is C25H34FN3O2. The highest BCUT2D eigenvalue weighted by Gasteiger charge is 2.29. The van der Waals surface area contributed by atoms with Crippen molar-refractivity contribution < 1.29 is 13.9 Å². The maximum absolute atomic E-state index is 13.4. The topological polar surface area (TPSA) is 37.0 Å². The minimum atomic E-state index is -0.155. The zero-order chi connectivity index (χ0) is 21.8. The number of hydrogen-bond acceptors (Lipinski definition) is 5. The van der Waals surface area contributed by atoms with E-state index in [0.29, 0.717) is 12.1 Å². The van der Waals surface area contributed by atoms with Crippen molar-refractivity contribution in [3.8, 4) is 11.5 Å². The Morgan fingerprint density at radius 1 is 0.935 bits per heavy atom. The van der Waals surface area contributed by atoms with E-state index in [9.17, 15) is 4.39 Å².